The summed E-state index contributed by atoms with van der Waals surface area (Å²) in [4.78, 5) is 21.5. The highest BCUT2D eigenvalue weighted by atomic mass is 16.2. The van der Waals surface area contributed by atoms with Gasteiger partial charge in [0, 0.05) is 13.1 Å². The largest absolute Gasteiger partial charge is 0.339 e. The van der Waals surface area contributed by atoms with Crippen LogP contribution < -0.4 is 0 Å². The highest BCUT2D eigenvalue weighted by Crippen LogP contribution is 2.25. The number of likely N-dealkylation sites (tertiary alicyclic amines) is 2. The van der Waals surface area contributed by atoms with Crippen LogP contribution in [0.25, 0.3) is 0 Å². The van der Waals surface area contributed by atoms with E-state index in [4.69, 9.17) is 0 Å². The second-order valence-corrected chi connectivity index (χ2v) is 6.72. The Hall–Kier alpha value is -1.43. The lowest BCUT2D eigenvalue weighted by atomic mass is 9.99. The first-order valence-corrected chi connectivity index (χ1v) is 8.45. The van der Waals surface area contributed by atoms with E-state index in [1.165, 1.54) is 12.8 Å². The molecule has 1 amide bonds. The first-order chi connectivity index (χ1) is 10.6. The summed E-state index contributed by atoms with van der Waals surface area (Å²) < 4.78 is 2.01. The molecule has 22 heavy (non-hydrogen) atoms. The van der Waals surface area contributed by atoms with Gasteiger partial charge in [0.1, 0.15) is 11.6 Å². The summed E-state index contributed by atoms with van der Waals surface area (Å²) in [5.41, 5.74) is 0. The zero-order valence-corrected chi connectivity index (χ0v) is 14.0. The molecule has 2 atom stereocenters. The number of rotatable bonds is 2. The lowest BCUT2D eigenvalue weighted by Gasteiger charge is -2.39. The zero-order valence-electron chi connectivity index (χ0n) is 14.0. The summed E-state index contributed by atoms with van der Waals surface area (Å²) in [6.07, 6.45) is 5.50. The van der Waals surface area contributed by atoms with Gasteiger partial charge in [0.05, 0.1) is 12.1 Å². The number of nitrogens with zero attached hydrogens (tertiary/aromatic N) is 5. The third-order valence-electron chi connectivity index (χ3n) is 5.02. The van der Waals surface area contributed by atoms with Crippen LogP contribution in [0.5, 0.6) is 0 Å². The molecule has 1 aromatic heterocycles. The first-order valence-electron chi connectivity index (χ1n) is 8.45. The standard InChI is InChI=1S/C16H27N5O/c1-12-17-13(2)21(18-12)14-7-6-10-20(11-14)16(22)15-8-4-5-9-19(15)3/h14-15H,4-11H2,1-3H3/t14-,15+/m1/s1. The fraction of sp³-hybridized carbons (Fsp3) is 0.812. The SMILES string of the molecule is Cc1nc(C)n([C@@H]2CCCN(C(=O)[C@@H]3CCCCN3C)C2)n1. The molecular formula is C16H27N5O. The van der Waals surface area contributed by atoms with Crippen molar-refractivity contribution in [2.24, 2.45) is 0 Å². The highest BCUT2D eigenvalue weighted by Gasteiger charge is 2.33. The first kappa shape index (κ1) is 15.5. The molecule has 0 spiro atoms. The lowest BCUT2D eigenvalue weighted by Crippen LogP contribution is -2.52. The van der Waals surface area contributed by atoms with Crippen LogP contribution in [0.4, 0.5) is 0 Å². The second kappa shape index (κ2) is 6.36. The monoisotopic (exact) mass is 305 g/mol. The van der Waals surface area contributed by atoms with Gasteiger partial charge < -0.3 is 4.90 Å². The van der Waals surface area contributed by atoms with E-state index < -0.39 is 0 Å². The topological polar surface area (TPSA) is 54.3 Å². The number of aromatic nitrogens is 3. The van der Waals surface area contributed by atoms with E-state index in [1.54, 1.807) is 0 Å². The van der Waals surface area contributed by atoms with Crippen molar-refractivity contribution in [1.82, 2.24) is 24.6 Å². The summed E-state index contributed by atoms with van der Waals surface area (Å²) in [6.45, 7) is 6.61. The smallest absolute Gasteiger partial charge is 0.239 e. The summed E-state index contributed by atoms with van der Waals surface area (Å²) in [7, 11) is 2.08. The van der Waals surface area contributed by atoms with E-state index in [1.807, 2.05) is 18.5 Å². The van der Waals surface area contributed by atoms with Crippen molar-refractivity contribution in [3.8, 4) is 0 Å². The Bertz CT molecular complexity index is 541. The van der Waals surface area contributed by atoms with Crippen molar-refractivity contribution in [2.75, 3.05) is 26.7 Å². The highest BCUT2D eigenvalue weighted by molar-refractivity contribution is 5.82. The van der Waals surface area contributed by atoms with Gasteiger partial charge in [0.15, 0.2) is 0 Å². The van der Waals surface area contributed by atoms with Gasteiger partial charge in [-0.15, -0.1) is 0 Å². The number of carbonyl (C=O) groups excluding carboxylic acids is 1. The van der Waals surface area contributed by atoms with Crippen molar-refractivity contribution in [1.29, 1.82) is 0 Å². The normalized spacial score (nSPS) is 27.1. The number of carbonyl (C=O) groups is 1. The molecule has 0 aliphatic carbocycles. The van der Waals surface area contributed by atoms with Crippen molar-refractivity contribution < 1.29 is 4.79 Å². The van der Waals surface area contributed by atoms with Gasteiger partial charge >= 0.3 is 0 Å². The van der Waals surface area contributed by atoms with Gasteiger partial charge in [-0.2, -0.15) is 5.10 Å². The molecule has 0 unspecified atom stereocenters. The molecule has 2 saturated heterocycles. The molecule has 3 rings (SSSR count). The van der Waals surface area contributed by atoms with Gasteiger partial charge in [-0.1, -0.05) is 6.42 Å². The minimum absolute atomic E-state index is 0.0751. The summed E-state index contributed by atoms with van der Waals surface area (Å²) >= 11 is 0. The second-order valence-electron chi connectivity index (χ2n) is 6.72. The number of piperidine rings is 2. The van der Waals surface area contributed by atoms with Gasteiger partial charge in [0.25, 0.3) is 0 Å². The Balaban J connectivity index is 1.70. The van der Waals surface area contributed by atoms with E-state index in [2.05, 4.69) is 26.9 Å². The third-order valence-corrected chi connectivity index (χ3v) is 5.02. The Morgan fingerprint density at radius 2 is 1.95 bits per heavy atom. The average Bonchev–Trinajstić information content (AvgIpc) is 2.86. The molecule has 2 aliphatic heterocycles. The summed E-state index contributed by atoms with van der Waals surface area (Å²) in [5.74, 6) is 2.07. The lowest BCUT2D eigenvalue weighted by molar-refractivity contribution is -0.139. The molecule has 0 saturated carbocycles. The van der Waals surface area contributed by atoms with E-state index in [9.17, 15) is 4.79 Å². The molecule has 0 aromatic carbocycles. The van der Waals surface area contributed by atoms with Gasteiger partial charge in [-0.25, -0.2) is 9.67 Å². The molecule has 122 valence electrons. The van der Waals surface area contributed by atoms with Gasteiger partial charge in [0.2, 0.25) is 5.91 Å². The fourth-order valence-electron chi connectivity index (χ4n) is 3.83. The van der Waals surface area contributed by atoms with E-state index in [0.29, 0.717) is 5.91 Å². The van der Waals surface area contributed by atoms with Crippen LogP contribution in [-0.4, -0.2) is 63.2 Å². The zero-order chi connectivity index (χ0) is 15.7. The van der Waals surface area contributed by atoms with Crippen LogP contribution in [0.2, 0.25) is 0 Å². The van der Waals surface area contributed by atoms with E-state index in [-0.39, 0.29) is 12.1 Å². The number of likely N-dealkylation sites (N-methyl/N-ethyl adjacent to an activating group) is 1. The molecule has 3 heterocycles. The number of aryl methyl sites for hydroxylation is 2. The molecule has 0 radical (unpaired) electrons. The van der Waals surface area contributed by atoms with Gasteiger partial charge in [-0.05, 0) is 53.1 Å². The predicted molar refractivity (Wildman–Crippen MR) is 84.6 cm³/mol. The maximum absolute atomic E-state index is 12.9. The predicted octanol–water partition coefficient (Wildman–Crippen LogP) is 1.54. The van der Waals surface area contributed by atoms with Gasteiger partial charge in [-0.3, -0.25) is 9.69 Å². The maximum Gasteiger partial charge on any atom is 0.239 e. The van der Waals surface area contributed by atoms with E-state index >= 15 is 0 Å². The van der Waals surface area contributed by atoms with Crippen LogP contribution in [0.1, 0.15) is 49.8 Å². The molecule has 0 bridgehead atoms. The number of amides is 1. The molecule has 2 aliphatic rings. The Morgan fingerprint density at radius 1 is 1.14 bits per heavy atom. The maximum atomic E-state index is 12.9. The van der Waals surface area contributed by atoms with Crippen molar-refractivity contribution in [3.05, 3.63) is 11.6 Å². The fourth-order valence-corrected chi connectivity index (χ4v) is 3.83. The Labute approximate surface area is 132 Å². The molecule has 6 nitrogen and oxygen atoms in total. The average molecular weight is 305 g/mol. The van der Waals surface area contributed by atoms with Crippen molar-refractivity contribution >= 4 is 5.91 Å². The third kappa shape index (κ3) is 3.02. The number of hydrogen-bond acceptors (Lipinski definition) is 4. The molecule has 0 N–H and O–H groups in total. The molecule has 6 heteroatoms. The van der Waals surface area contributed by atoms with Crippen LogP contribution in [0, 0.1) is 13.8 Å². The van der Waals surface area contributed by atoms with Crippen molar-refractivity contribution in [2.45, 2.75) is 58.0 Å². The Kier molecular flexibility index (Phi) is 4.47. The number of hydrogen-bond donors (Lipinski definition) is 0. The quantitative estimate of drug-likeness (QED) is 0.832. The molecular weight excluding hydrogens is 278 g/mol. The van der Waals surface area contributed by atoms with Crippen LogP contribution in [-0.2, 0) is 4.79 Å². The van der Waals surface area contributed by atoms with E-state index in [0.717, 1.165) is 50.5 Å². The van der Waals surface area contributed by atoms with Crippen LogP contribution >= 0.6 is 0 Å². The molecule has 2 fully saturated rings. The van der Waals surface area contributed by atoms with Crippen LogP contribution in [0.3, 0.4) is 0 Å². The minimum atomic E-state index is 0.0751. The Morgan fingerprint density at radius 3 is 2.64 bits per heavy atom. The molecule has 1 aromatic rings. The minimum Gasteiger partial charge on any atom is -0.339 e. The summed E-state index contributed by atoms with van der Waals surface area (Å²) in [6, 6.07) is 0.346. The van der Waals surface area contributed by atoms with Crippen LogP contribution in [0.15, 0.2) is 0 Å². The summed E-state index contributed by atoms with van der Waals surface area (Å²) in [5, 5.41) is 4.51. The van der Waals surface area contributed by atoms with Crippen molar-refractivity contribution in [3.63, 3.8) is 0 Å².